The van der Waals surface area contributed by atoms with Gasteiger partial charge in [-0.05, 0) is 17.7 Å². The zero-order valence-corrected chi connectivity index (χ0v) is 10.8. The summed E-state index contributed by atoms with van der Waals surface area (Å²) in [6.45, 7) is 0. The van der Waals surface area contributed by atoms with Crippen molar-refractivity contribution < 1.29 is 27.4 Å². The smallest absolute Gasteiger partial charge is 0.469 e. The van der Waals surface area contributed by atoms with Crippen molar-refractivity contribution in [1.29, 1.82) is 0 Å². The fourth-order valence-electron chi connectivity index (χ4n) is 1.30. The molecule has 0 aliphatic rings. The second-order valence-corrected chi connectivity index (χ2v) is 3.50. The van der Waals surface area contributed by atoms with E-state index in [1.165, 1.54) is 19.2 Å². The first-order valence-corrected chi connectivity index (χ1v) is 5.00. The Morgan fingerprint density at radius 3 is 2.26 bits per heavy atom. The highest BCUT2D eigenvalue weighted by Crippen LogP contribution is 2.24. The summed E-state index contributed by atoms with van der Waals surface area (Å²) in [6.07, 6.45) is -4.77. The molecule has 108 valence electrons. The van der Waals surface area contributed by atoms with Crippen LogP contribution in [-0.4, -0.2) is 19.4 Å². The Morgan fingerprint density at radius 2 is 1.84 bits per heavy atom. The number of carbonyl (C=O) groups excluding carboxylic acids is 1. The normalized spacial score (nSPS) is 12.3. The number of halogens is 4. The number of benzene rings is 1. The lowest BCUT2D eigenvalue weighted by Crippen LogP contribution is -2.18. The average molecular weight is 300 g/mol. The van der Waals surface area contributed by atoms with Gasteiger partial charge in [-0.2, -0.15) is 0 Å². The lowest BCUT2D eigenvalue weighted by Gasteiger charge is -2.12. The molecule has 0 aliphatic carbocycles. The SMILES string of the molecule is COC(=O)C[C@H](N)c1ccc(OC(F)(F)F)cc1.Cl. The molecule has 0 bridgehead atoms. The van der Waals surface area contributed by atoms with Gasteiger partial charge in [0.15, 0.2) is 0 Å². The lowest BCUT2D eigenvalue weighted by atomic mass is 10.0. The van der Waals surface area contributed by atoms with E-state index in [0.29, 0.717) is 5.56 Å². The van der Waals surface area contributed by atoms with E-state index < -0.39 is 18.4 Å². The first kappa shape index (κ1) is 17.5. The number of methoxy groups -OCH3 is 1. The molecule has 0 aliphatic heterocycles. The predicted molar refractivity (Wildman–Crippen MR) is 63.9 cm³/mol. The second-order valence-electron chi connectivity index (χ2n) is 3.50. The number of esters is 1. The predicted octanol–water partition coefficient (Wildman–Crippen LogP) is 2.57. The van der Waals surface area contributed by atoms with Gasteiger partial charge in [0.05, 0.1) is 13.5 Å². The summed E-state index contributed by atoms with van der Waals surface area (Å²) in [5.74, 6) is -0.824. The summed E-state index contributed by atoms with van der Waals surface area (Å²) in [4.78, 5) is 11.0. The van der Waals surface area contributed by atoms with Crippen LogP contribution in [0.25, 0.3) is 0 Å². The summed E-state index contributed by atoms with van der Waals surface area (Å²) >= 11 is 0. The maximum atomic E-state index is 11.9. The molecule has 0 aromatic heterocycles. The zero-order valence-electron chi connectivity index (χ0n) is 9.94. The van der Waals surface area contributed by atoms with Crippen LogP contribution in [0, 0.1) is 0 Å². The van der Waals surface area contributed by atoms with Gasteiger partial charge in [-0.3, -0.25) is 4.79 Å². The Bertz CT molecular complexity index is 409. The van der Waals surface area contributed by atoms with E-state index >= 15 is 0 Å². The van der Waals surface area contributed by atoms with E-state index in [1.807, 2.05) is 0 Å². The average Bonchev–Trinajstić information content (AvgIpc) is 2.27. The summed E-state index contributed by atoms with van der Waals surface area (Å²) in [5, 5.41) is 0. The Kier molecular flexibility index (Phi) is 6.64. The summed E-state index contributed by atoms with van der Waals surface area (Å²) in [6, 6.07) is 4.39. The molecule has 1 aromatic rings. The van der Waals surface area contributed by atoms with Gasteiger partial charge >= 0.3 is 12.3 Å². The molecule has 2 N–H and O–H groups in total. The van der Waals surface area contributed by atoms with E-state index in [2.05, 4.69) is 9.47 Å². The first-order chi connectivity index (χ1) is 8.31. The van der Waals surface area contributed by atoms with Gasteiger partial charge in [-0.15, -0.1) is 25.6 Å². The largest absolute Gasteiger partial charge is 0.573 e. The number of hydrogen-bond acceptors (Lipinski definition) is 4. The molecular formula is C11H13ClF3NO3. The van der Waals surface area contributed by atoms with Crippen LogP contribution in [0.3, 0.4) is 0 Å². The maximum absolute atomic E-state index is 11.9. The molecule has 0 heterocycles. The van der Waals surface area contributed by atoms with Crippen molar-refractivity contribution in [2.24, 2.45) is 5.73 Å². The molecule has 0 unspecified atom stereocenters. The van der Waals surface area contributed by atoms with Crippen LogP contribution < -0.4 is 10.5 Å². The van der Waals surface area contributed by atoms with Gasteiger partial charge in [0, 0.05) is 6.04 Å². The second kappa shape index (κ2) is 7.20. The van der Waals surface area contributed by atoms with Crippen molar-refractivity contribution in [3.8, 4) is 5.75 Å². The number of hydrogen-bond donors (Lipinski definition) is 1. The third kappa shape index (κ3) is 6.30. The molecule has 0 saturated carbocycles. The molecular weight excluding hydrogens is 287 g/mol. The minimum Gasteiger partial charge on any atom is -0.469 e. The Balaban J connectivity index is 0.00000324. The quantitative estimate of drug-likeness (QED) is 0.868. The summed E-state index contributed by atoms with van der Waals surface area (Å²) in [7, 11) is 1.23. The van der Waals surface area contributed by atoms with Crippen LogP contribution in [0.15, 0.2) is 24.3 Å². The van der Waals surface area contributed by atoms with Crippen LogP contribution >= 0.6 is 12.4 Å². The monoisotopic (exact) mass is 299 g/mol. The number of carbonyl (C=O) groups is 1. The standard InChI is InChI=1S/C11H12F3NO3.ClH/c1-17-10(16)6-9(15)7-2-4-8(5-3-7)18-11(12,13)14;/h2-5,9H,6,15H2,1H3;1H/t9-;/m0./s1. The molecule has 1 rings (SSSR count). The Hall–Kier alpha value is -1.47. The van der Waals surface area contributed by atoms with Gasteiger partial charge in [0.1, 0.15) is 5.75 Å². The van der Waals surface area contributed by atoms with Crippen molar-refractivity contribution in [3.63, 3.8) is 0 Å². The zero-order chi connectivity index (χ0) is 13.8. The highest BCUT2D eigenvalue weighted by molar-refractivity contribution is 5.85. The van der Waals surface area contributed by atoms with Gasteiger partial charge in [0.2, 0.25) is 0 Å². The van der Waals surface area contributed by atoms with E-state index in [-0.39, 0.29) is 24.6 Å². The molecule has 0 radical (unpaired) electrons. The lowest BCUT2D eigenvalue weighted by molar-refractivity contribution is -0.274. The van der Waals surface area contributed by atoms with Gasteiger partial charge < -0.3 is 15.2 Å². The van der Waals surface area contributed by atoms with Crippen molar-refractivity contribution in [3.05, 3.63) is 29.8 Å². The number of alkyl halides is 3. The van der Waals surface area contributed by atoms with Crippen LogP contribution in [0.4, 0.5) is 13.2 Å². The molecule has 19 heavy (non-hydrogen) atoms. The molecule has 1 aromatic carbocycles. The molecule has 1 atom stereocenters. The highest BCUT2D eigenvalue weighted by Gasteiger charge is 2.31. The third-order valence-corrected chi connectivity index (χ3v) is 2.16. The first-order valence-electron chi connectivity index (χ1n) is 5.00. The van der Waals surface area contributed by atoms with Crippen LogP contribution in [-0.2, 0) is 9.53 Å². The number of ether oxygens (including phenoxy) is 2. The summed E-state index contributed by atoms with van der Waals surface area (Å²) < 4.78 is 43.9. The topological polar surface area (TPSA) is 61.5 Å². The van der Waals surface area contributed by atoms with Gasteiger partial charge in [-0.25, -0.2) is 0 Å². The maximum Gasteiger partial charge on any atom is 0.573 e. The van der Waals surface area contributed by atoms with Gasteiger partial charge in [-0.1, -0.05) is 12.1 Å². The van der Waals surface area contributed by atoms with Crippen molar-refractivity contribution in [2.75, 3.05) is 7.11 Å². The van der Waals surface area contributed by atoms with E-state index in [9.17, 15) is 18.0 Å². The van der Waals surface area contributed by atoms with E-state index in [1.54, 1.807) is 0 Å². The Labute approximate surface area is 114 Å². The molecule has 0 amide bonds. The van der Waals surface area contributed by atoms with E-state index in [0.717, 1.165) is 12.1 Å². The van der Waals surface area contributed by atoms with Crippen LogP contribution in [0.1, 0.15) is 18.0 Å². The molecule has 0 fully saturated rings. The fraction of sp³-hybridized carbons (Fsp3) is 0.364. The Morgan fingerprint density at radius 1 is 1.32 bits per heavy atom. The van der Waals surface area contributed by atoms with Crippen LogP contribution in [0.5, 0.6) is 5.75 Å². The summed E-state index contributed by atoms with van der Waals surface area (Å²) in [5.41, 5.74) is 6.21. The van der Waals surface area contributed by atoms with E-state index in [4.69, 9.17) is 5.73 Å². The number of nitrogens with two attached hydrogens (primary N) is 1. The molecule has 0 spiro atoms. The fourth-order valence-corrected chi connectivity index (χ4v) is 1.30. The highest BCUT2D eigenvalue weighted by atomic mass is 35.5. The minimum atomic E-state index is -4.73. The van der Waals surface area contributed by atoms with Gasteiger partial charge in [0.25, 0.3) is 0 Å². The third-order valence-electron chi connectivity index (χ3n) is 2.16. The van der Waals surface area contributed by atoms with Crippen molar-refractivity contribution in [2.45, 2.75) is 18.8 Å². The van der Waals surface area contributed by atoms with Crippen molar-refractivity contribution >= 4 is 18.4 Å². The molecule has 4 nitrogen and oxygen atoms in total. The molecule has 0 saturated heterocycles. The van der Waals surface area contributed by atoms with Crippen molar-refractivity contribution in [1.82, 2.24) is 0 Å². The minimum absolute atomic E-state index is 0. The van der Waals surface area contributed by atoms with Crippen LogP contribution in [0.2, 0.25) is 0 Å². The molecule has 8 heteroatoms. The number of rotatable bonds is 4.